The minimum Gasteiger partial charge on any atom is -0.309 e. The van der Waals surface area contributed by atoms with Crippen molar-refractivity contribution in [2.24, 2.45) is 0 Å². The SMILES string of the molecule is CCCc1cc(N(c2cccc3c2CCCC3)c2c(C)ccc3c2c2ccccc2n3-c2ccccc2)c2ccc3c(CCC)cc(N(c4cccc5c4CCCC5)c4c(C)ccc5c4c4ccccc4n5-c4ccccc4)c4ccc1c2c34. The lowest BCUT2D eigenvalue weighted by Gasteiger charge is -2.35. The van der Waals surface area contributed by atoms with Crippen LogP contribution in [0.15, 0.2) is 206 Å². The molecule has 12 aromatic carbocycles. The minimum absolute atomic E-state index is 0.974. The Kier molecular flexibility index (Phi) is 12.3. The second kappa shape index (κ2) is 20.3. The van der Waals surface area contributed by atoms with E-state index in [-0.39, 0.29) is 0 Å². The summed E-state index contributed by atoms with van der Waals surface area (Å²) in [7, 11) is 0. The topological polar surface area (TPSA) is 16.3 Å². The van der Waals surface area contributed by atoms with E-state index in [1.165, 1.54) is 192 Å². The van der Waals surface area contributed by atoms with E-state index in [9.17, 15) is 0 Å². The van der Waals surface area contributed by atoms with Crippen molar-refractivity contribution < 1.29 is 0 Å². The normalized spacial score (nSPS) is 13.5. The summed E-state index contributed by atoms with van der Waals surface area (Å²) in [5, 5.41) is 13.2. The number of rotatable bonds is 12. The standard InChI is InChI=1S/C80H70N4/c1-5-23-55-49-73(83(67-39-21-27-53-25-13-15-33-59(53)67)79-51(3)41-47-71-77(79)63-35-17-19-37-69(63)81(71)57-29-9-7-10-30-57)65-46-44-62-56(24-6-2)50-74(66-45-43-61(55)75(65)76(62)66)84(68-40-22-28-54-26-14-16-34-60(54)68)80-52(4)42-48-72-78(80)64-36-18-20-38-70(64)82(72)58-31-11-8-12-32-58/h7-12,17-22,27-32,35-50H,5-6,13-16,23-26,33-34H2,1-4H3. The summed E-state index contributed by atoms with van der Waals surface area (Å²) in [4.78, 5) is 5.52. The molecule has 0 amide bonds. The van der Waals surface area contributed by atoms with Crippen LogP contribution in [0.5, 0.6) is 0 Å². The molecule has 0 bridgehead atoms. The number of aromatic nitrogens is 2. The number of hydrogen-bond acceptors (Lipinski definition) is 2. The fourth-order valence-corrected chi connectivity index (χ4v) is 15.7. The Bertz CT molecular complexity index is 4590. The van der Waals surface area contributed by atoms with Crippen molar-refractivity contribution >= 4 is 110 Å². The summed E-state index contributed by atoms with van der Waals surface area (Å²) in [5.74, 6) is 0. The van der Waals surface area contributed by atoms with Crippen LogP contribution in [0.2, 0.25) is 0 Å². The van der Waals surface area contributed by atoms with Crippen molar-refractivity contribution in [3.8, 4) is 11.4 Å². The van der Waals surface area contributed by atoms with Crippen LogP contribution in [0.1, 0.15) is 96.9 Å². The first-order valence-corrected chi connectivity index (χ1v) is 31.2. The largest absolute Gasteiger partial charge is 0.309 e. The van der Waals surface area contributed by atoms with Crippen LogP contribution in [0.3, 0.4) is 0 Å². The smallest absolute Gasteiger partial charge is 0.0591 e. The number of anilines is 6. The lowest BCUT2D eigenvalue weighted by atomic mass is 9.85. The summed E-state index contributed by atoms with van der Waals surface area (Å²) in [6.45, 7) is 9.43. The van der Waals surface area contributed by atoms with Crippen molar-refractivity contribution in [1.82, 2.24) is 9.13 Å². The van der Waals surface area contributed by atoms with Crippen molar-refractivity contribution in [1.29, 1.82) is 0 Å². The molecule has 0 radical (unpaired) electrons. The Balaban J connectivity index is 1.05. The quantitative estimate of drug-likeness (QED) is 0.113. The summed E-state index contributed by atoms with van der Waals surface area (Å²) in [6, 6.07) is 79.4. The number of aryl methyl sites for hydroxylation is 6. The van der Waals surface area contributed by atoms with E-state index >= 15 is 0 Å². The Hall–Kier alpha value is -9.12. The Morgan fingerprint density at radius 3 is 1.18 bits per heavy atom. The lowest BCUT2D eigenvalue weighted by Crippen LogP contribution is -2.18. The van der Waals surface area contributed by atoms with E-state index in [2.05, 4.69) is 253 Å². The molecule has 0 saturated heterocycles. The first kappa shape index (κ1) is 50.6. The minimum atomic E-state index is 0.974. The molecular weight excluding hydrogens is 1020 g/mol. The number of para-hydroxylation sites is 4. The van der Waals surface area contributed by atoms with Crippen LogP contribution in [-0.2, 0) is 38.5 Å². The number of nitrogens with zero attached hydrogens (tertiary/aromatic N) is 4. The van der Waals surface area contributed by atoms with E-state index < -0.39 is 0 Å². The first-order chi connectivity index (χ1) is 41.5. The summed E-state index contributed by atoms with van der Waals surface area (Å²) >= 11 is 0. The number of benzene rings is 12. The molecular formula is C80H70N4. The highest BCUT2D eigenvalue weighted by Gasteiger charge is 2.32. The van der Waals surface area contributed by atoms with Crippen LogP contribution in [0.25, 0.3) is 87.3 Å². The maximum absolute atomic E-state index is 2.76. The zero-order valence-electron chi connectivity index (χ0n) is 48.9. The molecule has 2 aromatic heterocycles. The average Bonchev–Trinajstić information content (AvgIpc) is 1.14. The zero-order chi connectivity index (χ0) is 56.2. The third-order valence-electron chi connectivity index (χ3n) is 19.3. The molecule has 0 atom stereocenters. The fourth-order valence-electron chi connectivity index (χ4n) is 15.7. The predicted molar refractivity (Wildman–Crippen MR) is 359 cm³/mol. The average molecular weight is 1090 g/mol. The zero-order valence-corrected chi connectivity index (χ0v) is 48.9. The first-order valence-electron chi connectivity index (χ1n) is 31.2. The molecule has 2 aliphatic rings. The number of hydrogen-bond donors (Lipinski definition) is 0. The van der Waals surface area contributed by atoms with Crippen LogP contribution in [0, 0.1) is 13.8 Å². The van der Waals surface area contributed by atoms with Crippen molar-refractivity contribution in [2.45, 2.75) is 105 Å². The molecule has 0 N–H and O–H groups in total. The van der Waals surface area contributed by atoms with Gasteiger partial charge in [-0.25, -0.2) is 0 Å². The van der Waals surface area contributed by atoms with Gasteiger partial charge in [0.1, 0.15) is 0 Å². The van der Waals surface area contributed by atoms with Gasteiger partial charge in [0.15, 0.2) is 0 Å². The molecule has 4 nitrogen and oxygen atoms in total. The van der Waals surface area contributed by atoms with Crippen LogP contribution < -0.4 is 9.80 Å². The van der Waals surface area contributed by atoms with Gasteiger partial charge in [-0.3, -0.25) is 0 Å². The van der Waals surface area contributed by atoms with Crippen molar-refractivity contribution in [2.75, 3.05) is 9.80 Å². The van der Waals surface area contributed by atoms with E-state index in [1.54, 1.807) is 0 Å². The Morgan fingerprint density at radius 1 is 0.333 bits per heavy atom. The molecule has 410 valence electrons. The van der Waals surface area contributed by atoms with E-state index in [4.69, 9.17) is 0 Å². The van der Waals surface area contributed by atoms with Crippen LogP contribution in [-0.4, -0.2) is 9.13 Å². The highest BCUT2D eigenvalue weighted by atomic mass is 15.2. The van der Waals surface area contributed by atoms with Gasteiger partial charge >= 0.3 is 0 Å². The van der Waals surface area contributed by atoms with Gasteiger partial charge in [0.2, 0.25) is 0 Å². The molecule has 0 aliphatic heterocycles. The monoisotopic (exact) mass is 1090 g/mol. The molecule has 16 rings (SSSR count). The van der Waals surface area contributed by atoms with Crippen molar-refractivity contribution in [3.05, 3.63) is 251 Å². The second-order valence-corrected chi connectivity index (χ2v) is 24.2. The number of fused-ring (bicyclic) bond motifs is 8. The van der Waals surface area contributed by atoms with Crippen LogP contribution in [0.4, 0.5) is 34.1 Å². The highest BCUT2D eigenvalue weighted by Crippen LogP contribution is 2.55. The third kappa shape index (κ3) is 7.72. The molecule has 2 heterocycles. The molecule has 0 unspecified atom stereocenters. The Labute approximate surface area is 493 Å². The highest BCUT2D eigenvalue weighted by molar-refractivity contribution is 6.31. The van der Waals surface area contributed by atoms with Gasteiger partial charge in [-0.05, 0) is 217 Å². The van der Waals surface area contributed by atoms with E-state index in [0.717, 1.165) is 51.4 Å². The van der Waals surface area contributed by atoms with E-state index in [0.29, 0.717) is 0 Å². The molecule has 0 saturated carbocycles. The lowest BCUT2D eigenvalue weighted by molar-refractivity contribution is 0.686. The maximum atomic E-state index is 2.76. The van der Waals surface area contributed by atoms with Gasteiger partial charge in [0, 0.05) is 55.1 Å². The second-order valence-electron chi connectivity index (χ2n) is 24.2. The summed E-state index contributed by atoms with van der Waals surface area (Å²) < 4.78 is 4.99. The van der Waals surface area contributed by atoms with Gasteiger partial charge in [-0.15, -0.1) is 0 Å². The third-order valence-corrected chi connectivity index (χ3v) is 19.3. The summed E-state index contributed by atoms with van der Waals surface area (Å²) in [5.41, 5.74) is 26.2. The van der Waals surface area contributed by atoms with Gasteiger partial charge in [0.05, 0.1) is 44.8 Å². The van der Waals surface area contributed by atoms with Gasteiger partial charge in [0.25, 0.3) is 0 Å². The summed E-state index contributed by atoms with van der Waals surface area (Å²) in [6.07, 6.45) is 13.2. The van der Waals surface area contributed by atoms with Crippen LogP contribution >= 0.6 is 0 Å². The Morgan fingerprint density at radius 2 is 0.738 bits per heavy atom. The maximum Gasteiger partial charge on any atom is 0.0591 e. The fraction of sp³-hybridized carbons (Fsp3) is 0.200. The molecule has 14 aromatic rings. The predicted octanol–water partition coefficient (Wildman–Crippen LogP) is 22.0. The molecule has 0 spiro atoms. The molecule has 0 fully saturated rings. The van der Waals surface area contributed by atoms with Gasteiger partial charge < -0.3 is 18.9 Å². The van der Waals surface area contributed by atoms with Gasteiger partial charge in [-0.2, -0.15) is 0 Å². The van der Waals surface area contributed by atoms with Crippen molar-refractivity contribution in [3.63, 3.8) is 0 Å². The molecule has 84 heavy (non-hydrogen) atoms. The van der Waals surface area contributed by atoms with Gasteiger partial charge in [-0.1, -0.05) is 160 Å². The molecule has 4 heteroatoms. The van der Waals surface area contributed by atoms with E-state index in [1.807, 2.05) is 0 Å². The molecule has 2 aliphatic carbocycles.